The summed E-state index contributed by atoms with van der Waals surface area (Å²) in [5.41, 5.74) is -0.195. The number of carbonyl (C=O) groups is 1. The molecule has 7 heteroatoms. The molecular formula is C11H16N4O2S. The van der Waals surface area contributed by atoms with Crippen LogP contribution in [0.3, 0.4) is 0 Å². The van der Waals surface area contributed by atoms with E-state index in [9.17, 15) is 9.59 Å². The van der Waals surface area contributed by atoms with Crippen molar-refractivity contribution < 1.29 is 4.79 Å². The second-order valence-corrected chi connectivity index (χ2v) is 5.18. The summed E-state index contributed by atoms with van der Waals surface area (Å²) >= 11 is 1.27. The van der Waals surface area contributed by atoms with E-state index in [2.05, 4.69) is 21.9 Å². The molecule has 1 aliphatic heterocycles. The van der Waals surface area contributed by atoms with Crippen molar-refractivity contribution in [2.45, 2.75) is 5.16 Å². The van der Waals surface area contributed by atoms with Crippen LogP contribution in [0.15, 0.2) is 22.2 Å². The standard InChI is InChI=1S/C11H16N4O2S/c1-14-4-6-15(7-5-14)10(17)8-18-11-12-3-2-9(16)13-11/h2-3H,4-8H2,1H3,(H,12,13,16). The van der Waals surface area contributed by atoms with E-state index < -0.39 is 0 Å². The maximum absolute atomic E-state index is 11.9. The summed E-state index contributed by atoms with van der Waals surface area (Å²) in [7, 11) is 2.05. The summed E-state index contributed by atoms with van der Waals surface area (Å²) in [5.74, 6) is 0.413. The maximum atomic E-state index is 11.9. The van der Waals surface area contributed by atoms with Crippen LogP contribution in [0.2, 0.25) is 0 Å². The van der Waals surface area contributed by atoms with Gasteiger partial charge in [-0.15, -0.1) is 0 Å². The fourth-order valence-electron chi connectivity index (χ4n) is 1.70. The molecular weight excluding hydrogens is 252 g/mol. The number of thioether (sulfide) groups is 1. The smallest absolute Gasteiger partial charge is 0.251 e. The maximum Gasteiger partial charge on any atom is 0.251 e. The summed E-state index contributed by atoms with van der Waals surface area (Å²) in [6.45, 7) is 3.37. The molecule has 1 N–H and O–H groups in total. The lowest BCUT2D eigenvalue weighted by molar-refractivity contribution is -0.129. The highest BCUT2D eigenvalue weighted by Crippen LogP contribution is 2.11. The van der Waals surface area contributed by atoms with Crippen LogP contribution in [0, 0.1) is 0 Å². The number of H-pyrrole nitrogens is 1. The Morgan fingerprint density at radius 2 is 2.17 bits per heavy atom. The van der Waals surface area contributed by atoms with Crippen LogP contribution in [0.5, 0.6) is 0 Å². The van der Waals surface area contributed by atoms with Gasteiger partial charge >= 0.3 is 0 Å². The lowest BCUT2D eigenvalue weighted by Gasteiger charge is -2.32. The van der Waals surface area contributed by atoms with Gasteiger partial charge in [0.1, 0.15) is 0 Å². The predicted octanol–water partition coefficient (Wildman–Crippen LogP) is -0.364. The molecule has 0 spiro atoms. The van der Waals surface area contributed by atoms with Crippen LogP contribution >= 0.6 is 11.8 Å². The number of carbonyl (C=O) groups excluding carboxylic acids is 1. The van der Waals surface area contributed by atoms with E-state index in [4.69, 9.17) is 0 Å². The lowest BCUT2D eigenvalue weighted by atomic mass is 10.3. The van der Waals surface area contributed by atoms with Gasteiger partial charge in [-0.05, 0) is 7.05 Å². The minimum absolute atomic E-state index is 0.0969. The number of piperazine rings is 1. The van der Waals surface area contributed by atoms with Crippen molar-refractivity contribution in [3.63, 3.8) is 0 Å². The van der Waals surface area contributed by atoms with Crippen molar-refractivity contribution >= 4 is 17.7 Å². The first kappa shape index (κ1) is 13.1. The molecule has 1 aliphatic rings. The molecule has 0 aromatic carbocycles. The quantitative estimate of drug-likeness (QED) is 0.599. The van der Waals surface area contributed by atoms with Gasteiger partial charge in [-0.3, -0.25) is 9.59 Å². The zero-order valence-corrected chi connectivity index (χ0v) is 11.1. The van der Waals surface area contributed by atoms with Gasteiger partial charge in [-0.25, -0.2) is 4.98 Å². The molecule has 1 saturated heterocycles. The molecule has 98 valence electrons. The van der Waals surface area contributed by atoms with Gasteiger partial charge in [0, 0.05) is 38.4 Å². The summed E-state index contributed by atoms with van der Waals surface area (Å²) in [6, 6.07) is 1.35. The van der Waals surface area contributed by atoms with E-state index in [1.54, 1.807) is 0 Å². The van der Waals surface area contributed by atoms with Gasteiger partial charge in [0.05, 0.1) is 5.75 Å². The summed E-state index contributed by atoms with van der Waals surface area (Å²) in [5, 5.41) is 0.491. The summed E-state index contributed by atoms with van der Waals surface area (Å²) in [6.07, 6.45) is 1.45. The van der Waals surface area contributed by atoms with Gasteiger partial charge in [0.25, 0.3) is 5.56 Å². The van der Waals surface area contributed by atoms with Crippen molar-refractivity contribution in [1.29, 1.82) is 0 Å². The Kier molecular flexibility index (Phi) is 4.38. The molecule has 1 fully saturated rings. The zero-order valence-electron chi connectivity index (χ0n) is 10.3. The fraction of sp³-hybridized carbons (Fsp3) is 0.545. The van der Waals surface area contributed by atoms with Crippen molar-refractivity contribution in [2.24, 2.45) is 0 Å². The molecule has 2 rings (SSSR count). The van der Waals surface area contributed by atoms with Gasteiger partial charge in [-0.2, -0.15) is 0 Å². The molecule has 2 heterocycles. The van der Waals surface area contributed by atoms with Crippen molar-refractivity contribution in [1.82, 2.24) is 19.8 Å². The number of nitrogens with zero attached hydrogens (tertiary/aromatic N) is 3. The summed E-state index contributed by atoms with van der Waals surface area (Å²) < 4.78 is 0. The number of hydrogen-bond acceptors (Lipinski definition) is 5. The average molecular weight is 268 g/mol. The van der Waals surface area contributed by atoms with Crippen molar-refractivity contribution in [2.75, 3.05) is 39.0 Å². The SMILES string of the molecule is CN1CCN(C(=O)CSc2nccc(=O)[nH]2)CC1. The monoisotopic (exact) mass is 268 g/mol. The molecule has 0 radical (unpaired) electrons. The second kappa shape index (κ2) is 6.01. The van der Waals surface area contributed by atoms with E-state index in [1.165, 1.54) is 24.0 Å². The Hall–Kier alpha value is -1.34. The lowest BCUT2D eigenvalue weighted by Crippen LogP contribution is -2.47. The zero-order chi connectivity index (χ0) is 13.0. The van der Waals surface area contributed by atoms with Crippen LogP contribution in [0.1, 0.15) is 0 Å². The molecule has 0 saturated carbocycles. The number of hydrogen-bond donors (Lipinski definition) is 1. The minimum atomic E-state index is -0.195. The third-order valence-corrected chi connectivity index (χ3v) is 3.71. The predicted molar refractivity (Wildman–Crippen MR) is 69.7 cm³/mol. The Labute approximate surface area is 109 Å². The van der Waals surface area contributed by atoms with E-state index in [0.717, 1.165) is 26.2 Å². The number of rotatable bonds is 3. The normalized spacial score (nSPS) is 16.8. The summed E-state index contributed by atoms with van der Waals surface area (Å²) in [4.78, 5) is 33.6. The van der Waals surface area contributed by atoms with Gasteiger partial charge in [0.15, 0.2) is 5.16 Å². The number of aromatic amines is 1. The van der Waals surface area contributed by atoms with Crippen LogP contribution < -0.4 is 5.56 Å². The van der Waals surface area contributed by atoms with Crippen LogP contribution in [-0.4, -0.2) is 64.7 Å². The van der Waals surface area contributed by atoms with E-state index in [1.807, 2.05) is 4.90 Å². The third kappa shape index (κ3) is 3.58. The van der Waals surface area contributed by atoms with E-state index in [-0.39, 0.29) is 11.5 Å². The molecule has 0 bridgehead atoms. The second-order valence-electron chi connectivity index (χ2n) is 4.21. The Morgan fingerprint density at radius 3 is 2.83 bits per heavy atom. The molecule has 0 aliphatic carbocycles. The number of likely N-dealkylation sites (N-methyl/N-ethyl adjacent to an activating group) is 1. The third-order valence-electron chi connectivity index (χ3n) is 2.84. The molecule has 0 unspecified atom stereocenters. The molecule has 1 aromatic rings. The first-order chi connectivity index (χ1) is 8.65. The topological polar surface area (TPSA) is 69.3 Å². The minimum Gasteiger partial charge on any atom is -0.339 e. The highest BCUT2D eigenvalue weighted by Gasteiger charge is 2.18. The van der Waals surface area contributed by atoms with Crippen LogP contribution in [0.25, 0.3) is 0 Å². The first-order valence-electron chi connectivity index (χ1n) is 5.79. The number of amides is 1. The van der Waals surface area contributed by atoms with Gasteiger partial charge in [0.2, 0.25) is 5.91 Å². The molecule has 1 amide bonds. The molecule has 1 aromatic heterocycles. The molecule has 18 heavy (non-hydrogen) atoms. The van der Waals surface area contributed by atoms with Crippen LogP contribution in [0.4, 0.5) is 0 Å². The molecule has 0 atom stereocenters. The molecule has 6 nitrogen and oxygen atoms in total. The van der Waals surface area contributed by atoms with Crippen molar-refractivity contribution in [3.8, 4) is 0 Å². The fourth-order valence-corrected chi connectivity index (χ4v) is 2.45. The Morgan fingerprint density at radius 1 is 1.44 bits per heavy atom. The Balaban J connectivity index is 1.83. The number of nitrogens with one attached hydrogen (secondary N) is 1. The highest BCUT2D eigenvalue weighted by molar-refractivity contribution is 7.99. The van der Waals surface area contributed by atoms with Crippen LogP contribution in [-0.2, 0) is 4.79 Å². The van der Waals surface area contributed by atoms with Gasteiger partial charge < -0.3 is 14.8 Å². The van der Waals surface area contributed by atoms with E-state index in [0.29, 0.717) is 10.9 Å². The number of aromatic nitrogens is 2. The van der Waals surface area contributed by atoms with Crippen molar-refractivity contribution in [3.05, 3.63) is 22.6 Å². The van der Waals surface area contributed by atoms with Gasteiger partial charge in [-0.1, -0.05) is 11.8 Å². The average Bonchev–Trinajstić information content (AvgIpc) is 2.37. The largest absolute Gasteiger partial charge is 0.339 e. The highest BCUT2D eigenvalue weighted by atomic mass is 32.2. The Bertz CT molecular complexity index is 468. The first-order valence-corrected chi connectivity index (χ1v) is 6.78. The van der Waals surface area contributed by atoms with E-state index >= 15 is 0 Å².